The van der Waals surface area contributed by atoms with Crippen molar-refractivity contribution in [3.63, 3.8) is 0 Å². The number of Topliss-reactive ketones (excluding diaryl/α,β-unsaturated/α-hetero) is 1. The minimum atomic E-state index is 0.0236. The van der Waals surface area contributed by atoms with Gasteiger partial charge in [-0.2, -0.15) is 0 Å². The Morgan fingerprint density at radius 3 is 2.72 bits per heavy atom. The highest BCUT2D eigenvalue weighted by Gasteiger charge is 2.22. The molecule has 3 nitrogen and oxygen atoms in total. The second-order valence-corrected chi connectivity index (χ2v) is 5.49. The summed E-state index contributed by atoms with van der Waals surface area (Å²) in [6.07, 6.45) is 7.00. The second-order valence-electron chi connectivity index (χ2n) is 5.49. The van der Waals surface area contributed by atoms with Crippen LogP contribution >= 0.6 is 0 Å². The molecule has 0 amide bonds. The van der Waals surface area contributed by atoms with Gasteiger partial charge in [0.2, 0.25) is 0 Å². The molecule has 1 aromatic rings. The van der Waals surface area contributed by atoms with E-state index in [1.807, 2.05) is 18.3 Å². The maximum Gasteiger partial charge on any atom is 0.178 e. The molecule has 1 heterocycles. The van der Waals surface area contributed by atoms with Gasteiger partial charge in [-0.15, -0.1) is 0 Å². The third-order valence-corrected chi connectivity index (χ3v) is 3.97. The second kappa shape index (κ2) is 5.51. The summed E-state index contributed by atoms with van der Waals surface area (Å²) in [5, 5.41) is 0. The largest absolute Gasteiger partial charge is 0.370 e. The van der Waals surface area contributed by atoms with Gasteiger partial charge in [0.1, 0.15) is 5.69 Å². The molecule has 1 aromatic heterocycles. The summed E-state index contributed by atoms with van der Waals surface area (Å²) in [5.74, 6) is 0.839. The molecule has 0 aromatic carbocycles. The fraction of sp³-hybridized carbons (Fsp3) is 0.600. The van der Waals surface area contributed by atoms with Crippen LogP contribution in [0.3, 0.4) is 0 Å². The molecule has 1 fully saturated rings. The zero-order valence-electron chi connectivity index (χ0n) is 11.5. The number of aromatic nitrogens is 1. The molecule has 0 spiro atoms. The molecule has 2 atom stereocenters. The lowest BCUT2D eigenvalue weighted by atomic mass is 9.86. The first-order valence-corrected chi connectivity index (χ1v) is 6.77. The first-order valence-electron chi connectivity index (χ1n) is 6.77. The van der Waals surface area contributed by atoms with E-state index in [-0.39, 0.29) is 5.78 Å². The van der Waals surface area contributed by atoms with Crippen molar-refractivity contribution >= 4 is 11.5 Å². The molecular formula is C15H22N2O. The molecule has 1 saturated carbocycles. The highest BCUT2D eigenvalue weighted by molar-refractivity contribution is 5.92. The lowest BCUT2D eigenvalue weighted by molar-refractivity contribution is 0.101. The summed E-state index contributed by atoms with van der Waals surface area (Å²) in [4.78, 5) is 17.7. The number of carbonyl (C=O) groups excluding carboxylic acids is 1. The first kappa shape index (κ1) is 13.1. The van der Waals surface area contributed by atoms with Crippen LogP contribution in [0.4, 0.5) is 5.69 Å². The Morgan fingerprint density at radius 2 is 2.17 bits per heavy atom. The van der Waals surface area contributed by atoms with E-state index in [0.29, 0.717) is 11.7 Å². The molecule has 0 saturated heterocycles. The zero-order valence-corrected chi connectivity index (χ0v) is 11.5. The molecule has 1 aliphatic rings. The van der Waals surface area contributed by atoms with Gasteiger partial charge in [-0.25, -0.2) is 0 Å². The number of anilines is 1. The highest BCUT2D eigenvalue weighted by Crippen LogP contribution is 2.29. The summed E-state index contributed by atoms with van der Waals surface area (Å²) in [7, 11) is 2.13. The van der Waals surface area contributed by atoms with Crippen molar-refractivity contribution in [2.45, 2.75) is 45.6 Å². The summed E-state index contributed by atoms with van der Waals surface area (Å²) >= 11 is 0. The van der Waals surface area contributed by atoms with E-state index in [9.17, 15) is 4.79 Å². The molecule has 98 valence electrons. The fourth-order valence-corrected chi connectivity index (χ4v) is 2.77. The molecule has 0 radical (unpaired) electrons. The van der Waals surface area contributed by atoms with E-state index in [0.717, 1.165) is 11.6 Å². The average molecular weight is 246 g/mol. The summed E-state index contributed by atoms with van der Waals surface area (Å²) in [6.45, 7) is 3.88. The SMILES string of the molecule is CC(=O)c1ccc(N(C)C2CCCC(C)C2)cn1. The maximum atomic E-state index is 11.2. The van der Waals surface area contributed by atoms with Gasteiger partial charge in [0, 0.05) is 20.0 Å². The quantitative estimate of drug-likeness (QED) is 0.767. The van der Waals surface area contributed by atoms with Gasteiger partial charge < -0.3 is 4.90 Å². The van der Waals surface area contributed by atoms with Crippen molar-refractivity contribution in [1.82, 2.24) is 4.98 Å². The van der Waals surface area contributed by atoms with Crippen LogP contribution in [0.15, 0.2) is 18.3 Å². The Labute approximate surface area is 109 Å². The van der Waals surface area contributed by atoms with Gasteiger partial charge in [-0.1, -0.05) is 19.8 Å². The summed E-state index contributed by atoms with van der Waals surface area (Å²) in [6, 6.07) is 4.43. The lowest BCUT2D eigenvalue weighted by Gasteiger charge is -2.35. The highest BCUT2D eigenvalue weighted by atomic mass is 16.1. The van der Waals surface area contributed by atoms with Crippen LogP contribution in [-0.4, -0.2) is 23.9 Å². The van der Waals surface area contributed by atoms with Gasteiger partial charge in [0.05, 0.1) is 11.9 Å². The van der Waals surface area contributed by atoms with Gasteiger partial charge >= 0.3 is 0 Å². The Kier molecular flexibility index (Phi) is 4.00. The number of nitrogens with zero attached hydrogens (tertiary/aromatic N) is 2. The zero-order chi connectivity index (χ0) is 13.1. The topological polar surface area (TPSA) is 33.2 Å². The predicted octanol–water partition coefficient (Wildman–Crippen LogP) is 3.30. The molecule has 1 aliphatic carbocycles. The molecule has 0 bridgehead atoms. The van der Waals surface area contributed by atoms with Crippen LogP contribution in [0, 0.1) is 5.92 Å². The van der Waals surface area contributed by atoms with E-state index in [1.165, 1.54) is 25.7 Å². The monoisotopic (exact) mass is 246 g/mol. The minimum Gasteiger partial charge on any atom is -0.370 e. The average Bonchev–Trinajstić information content (AvgIpc) is 2.38. The van der Waals surface area contributed by atoms with Crippen molar-refractivity contribution in [3.05, 3.63) is 24.0 Å². The number of hydrogen-bond acceptors (Lipinski definition) is 3. The van der Waals surface area contributed by atoms with Crippen LogP contribution in [0.25, 0.3) is 0 Å². The van der Waals surface area contributed by atoms with Crippen molar-refractivity contribution < 1.29 is 4.79 Å². The van der Waals surface area contributed by atoms with E-state index < -0.39 is 0 Å². The van der Waals surface area contributed by atoms with Gasteiger partial charge in [0.25, 0.3) is 0 Å². The summed E-state index contributed by atoms with van der Waals surface area (Å²) in [5.41, 5.74) is 1.66. The van der Waals surface area contributed by atoms with Crippen molar-refractivity contribution in [2.24, 2.45) is 5.92 Å². The normalized spacial score (nSPS) is 23.7. The first-order chi connectivity index (χ1) is 8.58. The number of pyridine rings is 1. The maximum absolute atomic E-state index is 11.2. The molecule has 0 aliphatic heterocycles. The third kappa shape index (κ3) is 2.89. The molecule has 2 unspecified atom stereocenters. The van der Waals surface area contributed by atoms with E-state index in [2.05, 4.69) is 23.9 Å². The van der Waals surface area contributed by atoms with Crippen molar-refractivity contribution in [2.75, 3.05) is 11.9 Å². The number of ketones is 1. The summed E-state index contributed by atoms with van der Waals surface area (Å²) < 4.78 is 0. The van der Waals surface area contributed by atoms with Gasteiger partial charge in [-0.05, 0) is 30.9 Å². The lowest BCUT2D eigenvalue weighted by Crippen LogP contribution is -2.35. The Morgan fingerprint density at radius 1 is 1.39 bits per heavy atom. The van der Waals surface area contributed by atoms with E-state index in [4.69, 9.17) is 0 Å². The number of rotatable bonds is 3. The minimum absolute atomic E-state index is 0.0236. The number of hydrogen-bond donors (Lipinski definition) is 0. The Balaban J connectivity index is 2.08. The Bertz CT molecular complexity index is 413. The third-order valence-electron chi connectivity index (χ3n) is 3.97. The molecule has 0 N–H and O–H groups in total. The van der Waals surface area contributed by atoms with Gasteiger partial charge in [0.15, 0.2) is 5.78 Å². The van der Waals surface area contributed by atoms with Crippen LogP contribution in [-0.2, 0) is 0 Å². The van der Waals surface area contributed by atoms with Crippen LogP contribution in [0.5, 0.6) is 0 Å². The van der Waals surface area contributed by atoms with Crippen molar-refractivity contribution in [3.8, 4) is 0 Å². The van der Waals surface area contributed by atoms with E-state index >= 15 is 0 Å². The Hall–Kier alpha value is -1.38. The standard InChI is InChI=1S/C15H22N2O/c1-11-5-4-6-13(9-11)17(3)14-7-8-15(12(2)18)16-10-14/h7-8,10-11,13H,4-6,9H2,1-3H3. The van der Waals surface area contributed by atoms with Crippen molar-refractivity contribution in [1.29, 1.82) is 0 Å². The van der Waals surface area contributed by atoms with Gasteiger partial charge in [-0.3, -0.25) is 9.78 Å². The van der Waals surface area contributed by atoms with Crippen LogP contribution < -0.4 is 4.90 Å². The molecule has 2 rings (SSSR count). The molecule has 18 heavy (non-hydrogen) atoms. The fourth-order valence-electron chi connectivity index (χ4n) is 2.77. The number of carbonyl (C=O) groups is 1. The van der Waals surface area contributed by atoms with Crippen LogP contribution in [0.1, 0.15) is 50.0 Å². The van der Waals surface area contributed by atoms with Crippen LogP contribution in [0.2, 0.25) is 0 Å². The van der Waals surface area contributed by atoms with E-state index in [1.54, 1.807) is 6.92 Å². The predicted molar refractivity (Wildman–Crippen MR) is 74.1 cm³/mol. The molecular weight excluding hydrogens is 224 g/mol. The smallest absolute Gasteiger partial charge is 0.178 e. The molecule has 3 heteroatoms.